The molecule has 0 aromatic heterocycles. The molecular formula is C23H23BrN2O5S. The number of nitrogens with zero attached hydrogens (tertiary/aromatic N) is 1. The van der Waals surface area contributed by atoms with Crippen molar-refractivity contribution in [2.24, 2.45) is 4.99 Å². The number of thioether (sulfide) groups is 1. The monoisotopic (exact) mass is 518 g/mol. The Hall–Kier alpha value is -2.78. The Bertz CT molecular complexity index is 1070. The molecule has 7 nitrogen and oxygen atoms in total. The lowest BCUT2D eigenvalue weighted by Crippen LogP contribution is -2.19. The number of rotatable bonds is 8. The lowest BCUT2D eigenvalue weighted by Gasteiger charge is -2.12. The second-order valence-corrected chi connectivity index (χ2v) is 8.50. The number of nitrogens with one attached hydrogen (secondary N) is 1. The third kappa shape index (κ3) is 6.14. The Morgan fingerprint density at radius 3 is 2.59 bits per heavy atom. The summed E-state index contributed by atoms with van der Waals surface area (Å²) in [5, 5.41) is 3.31. The van der Waals surface area contributed by atoms with Crippen LogP contribution in [0.1, 0.15) is 25.0 Å². The van der Waals surface area contributed by atoms with Crippen molar-refractivity contribution in [2.45, 2.75) is 20.3 Å². The highest BCUT2D eigenvalue weighted by Gasteiger charge is 2.24. The number of ether oxygens (including phenoxy) is 3. The van der Waals surface area contributed by atoms with Gasteiger partial charge >= 0.3 is 5.97 Å². The number of aliphatic imine (C=N–C) groups is 1. The molecule has 2 aromatic carbocycles. The van der Waals surface area contributed by atoms with Gasteiger partial charge in [-0.05, 0) is 66.6 Å². The minimum atomic E-state index is -0.466. The highest BCUT2D eigenvalue weighted by molar-refractivity contribution is 9.10. The predicted octanol–water partition coefficient (Wildman–Crippen LogP) is 4.85. The van der Waals surface area contributed by atoms with Crippen molar-refractivity contribution >= 4 is 56.5 Å². The number of esters is 1. The molecule has 168 valence electrons. The first-order valence-corrected chi connectivity index (χ1v) is 11.6. The summed E-state index contributed by atoms with van der Waals surface area (Å²) in [4.78, 5) is 29.0. The van der Waals surface area contributed by atoms with E-state index in [4.69, 9.17) is 14.2 Å². The van der Waals surface area contributed by atoms with Gasteiger partial charge in [-0.25, -0.2) is 9.79 Å². The number of halogens is 1. The maximum Gasteiger partial charge on any atom is 0.344 e. The molecule has 0 saturated carbocycles. The van der Waals surface area contributed by atoms with Gasteiger partial charge in [0.15, 0.2) is 23.3 Å². The van der Waals surface area contributed by atoms with Crippen LogP contribution in [0.5, 0.6) is 11.5 Å². The molecule has 1 aliphatic rings. The second kappa shape index (κ2) is 11.2. The van der Waals surface area contributed by atoms with Crippen molar-refractivity contribution in [1.29, 1.82) is 0 Å². The summed E-state index contributed by atoms with van der Waals surface area (Å²) in [6.45, 7) is 3.88. The molecular weight excluding hydrogens is 496 g/mol. The van der Waals surface area contributed by atoms with E-state index < -0.39 is 5.97 Å². The van der Waals surface area contributed by atoms with E-state index in [2.05, 4.69) is 33.2 Å². The second-order valence-electron chi connectivity index (χ2n) is 6.62. The van der Waals surface area contributed by atoms with Crippen LogP contribution in [0.15, 0.2) is 50.8 Å². The molecule has 3 rings (SSSR count). The summed E-state index contributed by atoms with van der Waals surface area (Å²) in [5.74, 6) is 0.119. The quantitative estimate of drug-likeness (QED) is 0.396. The van der Waals surface area contributed by atoms with Gasteiger partial charge in [-0.1, -0.05) is 35.0 Å². The van der Waals surface area contributed by atoms with E-state index >= 15 is 0 Å². The molecule has 1 heterocycles. The van der Waals surface area contributed by atoms with Gasteiger partial charge in [0.05, 0.1) is 24.3 Å². The van der Waals surface area contributed by atoms with Gasteiger partial charge in [-0.2, -0.15) is 0 Å². The van der Waals surface area contributed by atoms with Gasteiger partial charge < -0.3 is 19.5 Å². The number of hydrogen-bond donors (Lipinski definition) is 1. The molecule has 2 aromatic rings. The molecule has 0 bridgehead atoms. The molecule has 1 amide bonds. The first-order chi connectivity index (χ1) is 15.4. The van der Waals surface area contributed by atoms with Crippen molar-refractivity contribution in [3.63, 3.8) is 0 Å². The van der Waals surface area contributed by atoms with Crippen LogP contribution in [0.25, 0.3) is 6.08 Å². The zero-order valence-corrected chi connectivity index (χ0v) is 20.3. The summed E-state index contributed by atoms with van der Waals surface area (Å²) < 4.78 is 16.5. The molecule has 0 radical (unpaired) electrons. The minimum absolute atomic E-state index is 0.228. The van der Waals surface area contributed by atoms with Crippen LogP contribution in [-0.2, 0) is 20.7 Å². The van der Waals surface area contributed by atoms with E-state index in [1.807, 2.05) is 24.3 Å². The number of carbonyl (C=O) groups excluding carboxylic acids is 2. The average Bonchev–Trinajstić information content (AvgIpc) is 3.13. The standard InChI is InChI=1S/C23H23BrN2O5S/c1-4-14-6-8-16(9-7-14)25-23-26-22(28)20(32-23)11-15-10-18(29-3)19(12-17(15)24)31-13-21(27)30-5-2/h6-12H,4-5,13H2,1-3H3,(H,25,26,28)/b20-11-. The normalized spacial score (nSPS) is 15.7. The average molecular weight is 519 g/mol. The van der Waals surface area contributed by atoms with E-state index in [1.165, 1.54) is 24.4 Å². The molecule has 9 heteroatoms. The number of amidine groups is 1. The van der Waals surface area contributed by atoms with Crippen LogP contribution in [0.2, 0.25) is 0 Å². The van der Waals surface area contributed by atoms with Crippen LogP contribution in [0, 0.1) is 0 Å². The topological polar surface area (TPSA) is 86.2 Å². The third-order valence-electron chi connectivity index (χ3n) is 4.45. The first-order valence-electron chi connectivity index (χ1n) is 9.98. The lowest BCUT2D eigenvalue weighted by atomic mass is 10.2. The van der Waals surface area contributed by atoms with Crippen LogP contribution in [-0.4, -0.2) is 37.4 Å². The number of amides is 1. The summed E-state index contributed by atoms with van der Waals surface area (Å²) >= 11 is 4.75. The van der Waals surface area contributed by atoms with Gasteiger partial charge in [0.2, 0.25) is 0 Å². The molecule has 0 spiro atoms. The fourth-order valence-corrected chi connectivity index (χ4v) is 4.09. The first kappa shape index (κ1) is 23.9. The van der Waals surface area contributed by atoms with Crippen LogP contribution in [0.4, 0.5) is 5.69 Å². The van der Waals surface area contributed by atoms with Crippen molar-refractivity contribution < 1.29 is 23.8 Å². The van der Waals surface area contributed by atoms with E-state index in [0.29, 0.717) is 26.0 Å². The lowest BCUT2D eigenvalue weighted by molar-refractivity contribution is -0.145. The van der Waals surface area contributed by atoms with Gasteiger partial charge in [-0.15, -0.1) is 0 Å². The Morgan fingerprint density at radius 1 is 1.19 bits per heavy atom. The molecule has 0 aliphatic carbocycles. The zero-order valence-electron chi connectivity index (χ0n) is 17.9. The SMILES string of the molecule is CCOC(=O)COc1cc(Br)c(/C=C2\SC(=Nc3ccc(CC)cc3)NC2=O)cc1OC. The van der Waals surface area contributed by atoms with Crippen molar-refractivity contribution in [1.82, 2.24) is 5.32 Å². The van der Waals surface area contributed by atoms with Gasteiger partial charge in [-0.3, -0.25) is 4.79 Å². The largest absolute Gasteiger partial charge is 0.493 e. The van der Waals surface area contributed by atoms with E-state index in [1.54, 1.807) is 25.1 Å². The fourth-order valence-electron chi connectivity index (χ4n) is 2.82. The Kier molecular flexibility index (Phi) is 8.35. The van der Waals surface area contributed by atoms with Crippen LogP contribution < -0.4 is 14.8 Å². The molecule has 1 N–H and O–H groups in total. The van der Waals surface area contributed by atoms with Crippen molar-refractivity contribution in [3.05, 3.63) is 56.9 Å². The van der Waals surface area contributed by atoms with Gasteiger partial charge in [0.1, 0.15) is 0 Å². The number of aryl methyl sites for hydroxylation is 1. The number of hydrogen-bond acceptors (Lipinski definition) is 7. The van der Waals surface area contributed by atoms with Crippen molar-refractivity contribution in [2.75, 3.05) is 20.3 Å². The van der Waals surface area contributed by atoms with E-state index in [0.717, 1.165) is 17.7 Å². The summed E-state index contributed by atoms with van der Waals surface area (Å²) in [5.41, 5.74) is 2.72. The molecule has 1 saturated heterocycles. The van der Waals surface area contributed by atoms with Gasteiger partial charge in [0.25, 0.3) is 5.91 Å². The number of benzene rings is 2. The predicted molar refractivity (Wildman–Crippen MR) is 129 cm³/mol. The highest BCUT2D eigenvalue weighted by atomic mass is 79.9. The molecule has 0 unspecified atom stereocenters. The number of methoxy groups -OCH3 is 1. The van der Waals surface area contributed by atoms with Crippen molar-refractivity contribution in [3.8, 4) is 11.5 Å². The summed E-state index contributed by atoms with van der Waals surface area (Å²) in [6, 6.07) is 11.3. The Balaban J connectivity index is 1.78. The van der Waals surface area contributed by atoms with Gasteiger partial charge in [0, 0.05) is 4.47 Å². The smallest absolute Gasteiger partial charge is 0.344 e. The number of carbonyl (C=O) groups is 2. The highest BCUT2D eigenvalue weighted by Crippen LogP contribution is 2.36. The third-order valence-corrected chi connectivity index (χ3v) is 6.04. The molecule has 32 heavy (non-hydrogen) atoms. The fraction of sp³-hybridized carbons (Fsp3) is 0.261. The van der Waals surface area contributed by atoms with Crippen LogP contribution >= 0.6 is 27.7 Å². The maximum atomic E-state index is 12.4. The zero-order chi connectivity index (χ0) is 23.1. The summed E-state index contributed by atoms with van der Waals surface area (Å²) in [6.07, 6.45) is 2.70. The molecule has 1 fully saturated rings. The molecule has 1 aliphatic heterocycles. The summed E-state index contributed by atoms with van der Waals surface area (Å²) in [7, 11) is 1.50. The Labute approximate surface area is 199 Å². The van der Waals surface area contributed by atoms with Crippen LogP contribution in [0.3, 0.4) is 0 Å². The van der Waals surface area contributed by atoms with E-state index in [-0.39, 0.29) is 19.1 Å². The molecule has 0 atom stereocenters. The maximum absolute atomic E-state index is 12.4. The van der Waals surface area contributed by atoms with E-state index in [9.17, 15) is 9.59 Å². The Morgan fingerprint density at radius 2 is 1.94 bits per heavy atom. The minimum Gasteiger partial charge on any atom is -0.493 e.